The predicted molar refractivity (Wildman–Crippen MR) is 114 cm³/mol. The lowest BCUT2D eigenvalue weighted by molar-refractivity contribution is 0.102. The molecule has 0 bridgehead atoms. The molecular formula is C20H26ClN3O3S. The van der Waals surface area contributed by atoms with E-state index >= 15 is 0 Å². The Labute approximate surface area is 172 Å². The fourth-order valence-corrected chi connectivity index (χ4v) is 4.36. The molecule has 0 atom stereocenters. The molecule has 28 heavy (non-hydrogen) atoms. The lowest BCUT2D eigenvalue weighted by Crippen LogP contribution is -2.30. The highest BCUT2D eigenvalue weighted by atomic mass is 35.5. The van der Waals surface area contributed by atoms with Crippen molar-refractivity contribution in [3.8, 4) is 0 Å². The van der Waals surface area contributed by atoms with Gasteiger partial charge >= 0.3 is 0 Å². The molecule has 2 aromatic rings. The minimum absolute atomic E-state index is 0. The van der Waals surface area contributed by atoms with Crippen molar-refractivity contribution in [1.82, 2.24) is 10.0 Å². The molecule has 0 saturated carbocycles. The average molecular weight is 424 g/mol. The van der Waals surface area contributed by atoms with E-state index in [4.69, 9.17) is 0 Å². The number of hydrogen-bond acceptors (Lipinski definition) is 4. The van der Waals surface area contributed by atoms with Gasteiger partial charge in [-0.05, 0) is 87.3 Å². The normalized spacial score (nSPS) is 14.0. The van der Waals surface area contributed by atoms with Crippen LogP contribution in [-0.2, 0) is 22.9 Å². The molecule has 0 radical (unpaired) electrons. The first-order chi connectivity index (χ1) is 12.8. The van der Waals surface area contributed by atoms with E-state index in [1.165, 1.54) is 23.3 Å². The molecule has 0 fully saturated rings. The molecule has 8 heteroatoms. The molecule has 1 heterocycles. The largest absolute Gasteiger partial charge is 0.322 e. The van der Waals surface area contributed by atoms with Crippen LogP contribution in [0.2, 0.25) is 0 Å². The Morgan fingerprint density at radius 3 is 2.29 bits per heavy atom. The maximum absolute atomic E-state index is 12.6. The van der Waals surface area contributed by atoms with E-state index in [-0.39, 0.29) is 29.3 Å². The van der Waals surface area contributed by atoms with Crippen LogP contribution in [0.1, 0.15) is 35.3 Å². The molecule has 1 amide bonds. The van der Waals surface area contributed by atoms with E-state index in [0.29, 0.717) is 11.3 Å². The number of rotatable bonds is 5. The average Bonchev–Trinajstić information content (AvgIpc) is 2.85. The van der Waals surface area contributed by atoms with E-state index in [2.05, 4.69) is 15.4 Å². The quantitative estimate of drug-likeness (QED) is 0.690. The van der Waals surface area contributed by atoms with E-state index in [1.807, 2.05) is 18.2 Å². The number of halogens is 1. The van der Waals surface area contributed by atoms with Crippen molar-refractivity contribution < 1.29 is 13.2 Å². The number of hydrogen-bond donors (Lipinski definition) is 3. The van der Waals surface area contributed by atoms with Gasteiger partial charge in [0.15, 0.2) is 0 Å². The molecule has 6 nitrogen and oxygen atoms in total. The number of benzene rings is 2. The SMILES string of the molecule is CC(C)NS(=O)(=O)c1ccc(NC(=O)c2ccc3c(c2)CCNCC3)cc1.Cl. The summed E-state index contributed by atoms with van der Waals surface area (Å²) in [4.78, 5) is 12.7. The first kappa shape index (κ1) is 22.4. The number of carbonyl (C=O) groups excluding carboxylic acids is 1. The van der Waals surface area contributed by atoms with Crippen LogP contribution in [0.3, 0.4) is 0 Å². The third kappa shape index (κ3) is 5.54. The Hall–Kier alpha value is -1.93. The smallest absolute Gasteiger partial charge is 0.255 e. The van der Waals surface area contributed by atoms with Crippen molar-refractivity contribution in [2.24, 2.45) is 0 Å². The van der Waals surface area contributed by atoms with Gasteiger partial charge in [0.05, 0.1) is 4.90 Å². The van der Waals surface area contributed by atoms with E-state index in [1.54, 1.807) is 26.0 Å². The second-order valence-electron chi connectivity index (χ2n) is 6.99. The summed E-state index contributed by atoms with van der Waals surface area (Å²) < 4.78 is 26.9. The van der Waals surface area contributed by atoms with E-state index in [0.717, 1.165) is 25.9 Å². The van der Waals surface area contributed by atoms with Gasteiger partial charge in [-0.3, -0.25) is 4.79 Å². The van der Waals surface area contributed by atoms with Crippen LogP contribution in [0, 0.1) is 0 Å². The molecular weight excluding hydrogens is 398 g/mol. The van der Waals surface area contributed by atoms with Crippen LogP contribution < -0.4 is 15.4 Å². The van der Waals surface area contributed by atoms with Gasteiger partial charge in [-0.15, -0.1) is 12.4 Å². The fraction of sp³-hybridized carbons (Fsp3) is 0.350. The highest BCUT2D eigenvalue weighted by Gasteiger charge is 2.16. The lowest BCUT2D eigenvalue weighted by Gasteiger charge is -2.11. The number of nitrogens with one attached hydrogen (secondary N) is 3. The van der Waals surface area contributed by atoms with Crippen LogP contribution in [0.15, 0.2) is 47.4 Å². The topological polar surface area (TPSA) is 87.3 Å². The zero-order valence-electron chi connectivity index (χ0n) is 16.0. The maximum atomic E-state index is 12.6. The highest BCUT2D eigenvalue weighted by Crippen LogP contribution is 2.18. The zero-order valence-corrected chi connectivity index (χ0v) is 17.6. The Bertz CT molecular complexity index is 928. The van der Waals surface area contributed by atoms with Crippen molar-refractivity contribution in [2.45, 2.75) is 37.6 Å². The number of sulfonamides is 1. The Morgan fingerprint density at radius 2 is 1.64 bits per heavy atom. The molecule has 1 aliphatic rings. The zero-order chi connectivity index (χ0) is 19.4. The molecule has 152 valence electrons. The Balaban J connectivity index is 0.00000280. The number of fused-ring (bicyclic) bond motifs is 1. The molecule has 0 spiro atoms. The number of amides is 1. The van der Waals surface area contributed by atoms with Gasteiger partial charge in [-0.1, -0.05) is 6.07 Å². The Morgan fingerprint density at radius 1 is 1.00 bits per heavy atom. The first-order valence-corrected chi connectivity index (χ1v) is 10.6. The van der Waals surface area contributed by atoms with Crippen molar-refractivity contribution in [3.63, 3.8) is 0 Å². The van der Waals surface area contributed by atoms with Crippen molar-refractivity contribution in [2.75, 3.05) is 18.4 Å². The number of carbonyl (C=O) groups is 1. The van der Waals surface area contributed by atoms with Crippen molar-refractivity contribution in [3.05, 3.63) is 59.2 Å². The van der Waals surface area contributed by atoms with Crippen molar-refractivity contribution >= 4 is 34.0 Å². The van der Waals surface area contributed by atoms with Gasteiger partial charge in [0.2, 0.25) is 10.0 Å². The molecule has 0 aliphatic carbocycles. The van der Waals surface area contributed by atoms with Crippen molar-refractivity contribution in [1.29, 1.82) is 0 Å². The van der Waals surface area contributed by atoms with Gasteiger partial charge in [0.1, 0.15) is 0 Å². The third-order valence-corrected chi connectivity index (χ3v) is 6.10. The molecule has 1 aliphatic heterocycles. The van der Waals surface area contributed by atoms with Crippen LogP contribution in [-0.4, -0.2) is 33.5 Å². The van der Waals surface area contributed by atoms with E-state index < -0.39 is 10.0 Å². The van der Waals surface area contributed by atoms with Gasteiger partial charge in [-0.25, -0.2) is 13.1 Å². The highest BCUT2D eigenvalue weighted by molar-refractivity contribution is 7.89. The van der Waals surface area contributed by atoms with Crippen LogP contribution in [0.4, 0.5) is 5.69 Å². The standard InChI is InChI=1S/C20H25N3O3S.ClH/c1-14(2)23-27(25,26)19-7-5-18(6-8-19)22-20(24)17-4-3-15-9-11-21-12-10-16(15)13-17;/h3-8,13-14,21,23H,9-12H2,1-2H3,(H,22,24);1H. The molecule has 2 aromatic carbocycles. The summed E-state index contributed by atoms with van der Waals surface area (Å²) >= 11 is 0. The monoisotopic (exact) mass is 423 g/mol. The summed E-state index contributed by atoms with van der Waals surface area (Å²) in [6, 6.07) is 11.8. The minimum Gasteiger partial charge on any atom is -0.322 e. The second kappa shape index (κ2) is 9.52. The third-order valence-electron chi connectivity index (χ3n) is 4.42. The fourth-order valence-electron chi connectivity index (χ4n) is 3.11. The van der Waals surface area contributed by atoms with E-state index in [9.17, 15) is 13.2 Å². The van der Waals surface area contributed by atoms with Crippen LogP contribution >= 0.6 is 12.4 Å². The second-order valence-corrected chi connectivity index (χ2v) is 8.70. The summed E-state index contributed by atoms with van der Waals surface area (Å²) in [6.07, 6.45) is 1.88. The summed E-state index contributed by atoms with van der Waals surface area (Å²) in [7, 11) is -3.54. The van der Waals surface area contributed by atoms with Gasteiger partial charge in [-0.2, -0.15) is 0 Å². The van der Waals surface area contributed by atoms with Crippen LogP contribution in [0.25, 0.3) is 0 Å². The summed E-state index contributed by atoms with van der Waals surface area (Å²) in [5, 5.41) is 6.19. The van der Waals surface area contributed by atoms with Gasteiger partial charge in [0, 0.05) is 17.3 Å². The molecule has 0 saturated heterocycles. The lowest BCUT2D eigenvalue weighted by atomic mass is 10.00. The maximum Gasteiger partial charge on any atom is 0.255 e. The molecule has 0 unspecified atom stereocenters. The Kier molecular flexibility index (Phi) is 7.60. The summed E-state index contributed by atoms with van der Waals surface area (Å²) in [6.45, 7) is 5.41. The summed E-state index contributed by atoms with van der Waals surface area (Å²) in [5.41, 5.74) is 3.64. The molecule has 0 aromatic heterocycles. The van der Waals surface area contributed by atoms with Gasteiger partial charge < -0.3 is 10.6 Å². The summed E-state index contributed by atoms with van der Waals surface area (Å²) in [5.74, 6) is -0.203. The number of anilines is 1. The first-order valence-electron chi connectivity index (χ1n) is 9.11. The van der Waals surface area contributed by atoms with Gasteiger partial charge in [0.25, 0.3) is 5.91 Å². The minimum atomic E-state index is -3.54. The van der Waals surface area contributed by atoms with Crippen LogP contribution in [0.5, 0.6) is 0 Å². The molecule has 3 N–H and O–H groups in total. The molecule has 3 rings (SSSR count). The predicted octanol–water partition coefficient (Wildman–Crippen LogP) is 2.74.